The Labute approximate surface area is 155 Å². The third kappa shape index (κ3) is 4.20. The summed E-state index contributed by atoms with van der Waals surface area (Å²) in [5.74, 6) is -0.183. The average molecular weight is 382 g/mol. The third-order valence-electron chi connectivity index (χ3n) is 4.17. The van der Waals surface area contributed by atoms with Gasteiger partial charge in [0.25, 0.3) is 0 Å². The number of aldehydes is 1. The topological polar surface area (TPSA) is 61.2 Å². The number of ether oxygens (including phenoxy) is 1. The molecular weight excluding hydrogens is 361 g/mol. The van der Waals surface area contributed by atoms with Gasteiger partial charge in [0.05, 0.1) is 12.7 Å². The average Bonchev–Trinajstić information content (AvgIpc) is 2.90. The van der Waals surface area contributed by atoms with Crippen LogP contribution in [0.25, 0.3) is 0 Å². The molecule has 0 bridgehead atoms. The van der Waals surface area contributed by atoms with E-state index in [0.717, 1.165) is 6.07 Å². The van der Waals surface area contributed by atoms with Crippen molar-refractivity contribution in [2.45, 2.75) is 45.8 Å². The SMILES string of the molecule is COC(=O)c1nc(C(C)(C)C)n(Cc2ccc(C=O)cc2C(F)(F)F)c1C. The number of benzene rings is 1. The first-order chi connectivity index (χ1) is 12.4. The maximum atomic E-state index is 13.5. The monoisotopic (exact) mass is 382 g/mol. The number of aromatic nitrogens is 2. The number of nitrogens with zero attached hydrogens (tertiary/aromatic N) is 2. The molecule has 8 heteroatoms. The molecular formula is C19H21F3N2O3. The Kier molecular flexibility index (Phi) is 5.49. The minimum absolute atomic E-state index is 0.0180. The van der Waals surface area contributed by atoms with Crippen LogP contribution in [0.5, 0.6) is 0 Å². The summed E-state index contributed by atoms with van der Waals surface area (Å²) in [6, 6.07) is 3.44. The van der Waals surface area contributed by atoms with Gasteiger partial charge in [0.1, 0.15) is 12.1 Å². The predicted molar refractivity (Wildman–Crippen MR) is 92.9 cm³/mol. The number of hydrogen-bond donors (Lipinski definition) is 0. The molecule has 0 saturated heterocycles. The van der Waals surface area contributed by atoms with Crippen LogP contribution in [0.2, 0.25) is 0 Å². The highest BCUT2D eigenvalue weighted by Gasteiger charge is 2.35. The van der Waals surface area contributed by atoms with Gasteiger partial charge in [-0.05, 0) is 18.6 Å². The summed E-state index contributed by atoms with van der Waals surface area (Å²) in [4.78, 5) is 27.2. The molecule has 2 aromatic rings. The van der Waals surface area contributed by atoms with E-state index in [1.165, 1.54) is 19.2 Å². The molecule has 146 valence electrons. The fourth-order valence-electron chi connectivity index (χ4n) is 2.83. The van der Waals surface area contributed by atoms with Crippen LogP contribution in [0.4, 0.5) is 13.2 Å². The van der Waals surface area contributed by atoms with Crippen molar-refractivity contribution in [2.24, 2.45) is 0 Å². The minimum Gasteiger partial charge on any atom is -0.464 e. The molecule has 1 heterocycles. The molecule has 2 rings (SSSR count). The molecule has 1 aromatic heterocycles. The Bertz CT molecular complexity index is 878. The van der Waals surface area contributed by atoms with Crippen molar-refractivity contribution in [3.63, 3.8) is 0 Å². The van der Waals surface area contributed by atoms with Crippen molar-refractivity contribution >= 4 is 12.3 Å². The van der Waals surface area contributed by atoms with Gasteiger partial charge in [0.2, 0.25) is 0 Å². The van der Waals surface area contributed by atoms with Crippen LogP contribution >= 0.6 is 0 Å². The first kappa shape index (κ1) is 20.7. The van der Waals surface area contributed by atoms with Gasteiger partial charge in [-0.1, -0.05) is 32.9 Å². The number of esters is 1. The van der Waals surface area contributed by atoms with E-state index < -0.39 is 23.1 Å². The molecule has 0 unspecified atom stereocenters. The fraction of sp³-hybridized carbons (Fsp3) is 0.421. The molecule has 0 aliphatic rings. The fourth-order valence-corrected chi connectivity index (χ4v) is 2.83. The van der Waals surface area contributed by atoms with Crippen molar-refractivity contribution in [3.8, 4) is 0 Å². The van der Waals surface area contributed by atoms with Crippen LogP contribution in [0.3, 0.4) is 0 Å². The van der Waals surface area contributed by atoms with Crippen molar-refractivity contribution < 1.29 is 27.5 Å². The molecule has 0 N–H and O–H groups in total. The number of hydrogen-bond acceptors (Lipinski definition) is 4. The highest BCUT2D eigenvalue weighted by atomic mass is 19.4. The van der Waals surface area contributed by atoms with Gasteiger partial charge >= 0.3 is 12.1 Å². The Hall–Kier alpha value is -2.64. The Morgan fingerprint density at radius 3 is 2.37 bits per heavy atom. The van der Waals surface area contributed by atoms with Gasteiger partial charge in [-0.25, -0.2) is 9.78 Å². The van der Waals surface area contributed by atoms with Gasteiger partial charge in [0.15, 0.2) is 5.69 Å². The van der Waals surface area contributed by atoms with Crippen molar-refractivity contribution in [1.29, 1.82) is 0 Å². The first-order valence-electron chi connectivity index (χ1n) is 8.21. The van der Waals surface area contributed by atoms with Crippen LogP contribution in [-0.2, 0) is 22.9 Å². The van der Waals surface area contributed by atoms with Crippen LogP contribution in [-0.4, -0.2) is 28.9 Å². The van der Waals surface area contributed by atoms with Crippen LogP contribution in [0.1, 0.15) is 64.3 Å². The molecule has 0 radical (unpaired) electrons. The summed E-state index contributed by atoms with van der Waals surface area (Å²) in [6.45, 7) is 7.03. The Morgan fingerprint density at radius 2 is 1.89 bits per heavy atom. The van der Waals surface area contributed by atoms with Crippen molar-refractivity contribution in [1.82, 2.24) is 9.55 Å². The summed E-state index contributed by atoms with van der Waals surface area (Å²) >= 11 is 0. The molecule has 0 fully saturated rings. The molecule has 0 aliphatic carbocycles. The molecule has 1 aromatic carbocycles. The van der Waals surface area contributed by atoms with Gasteiger partial charge < -0.3 is 9.30 Å². The zero-order valence-corrected chi connectivity index (χ0v) is 15.8. The van der Waals surface area contributed by atoms with Gasteiger partial charge in [-0.2, -0.15) is 13.2 Å². The summed E-state index contributed by atoms with van der Waals surface area (Å²) < 4.78 is 46.7. The lowest BCUT2D eigenvalue weighted by molar-refractivity contribution is -0.138. The van der Waals surface area contributed by atoms with E-state index in [1.807, 2.05) is 20.8 Å². The Balaban J connectivity index is 2.66. The van der Waals surface area contributed by atoms with E-state index in [4.69, 9.17) is 4.74 Å². The molecule has 0 atom stereocenters. The maximum absolute atomic E-state index is 13.5. The van der Waals surface area contributed by atoms with Gasteiger partial charge in [0, 0.05) is 23.2 Å². The van der Waals surface area contributed by atoms with Gasteiger partial charge in [-0.15, -0.1) is 0 Å². The summed E-state index contributed by atoms with van der Waals surface area (Å²) in [5, 5.41) is 0. The largest absolute Gasteiger partial charge is 0.464 e. The number of methoxy groups -OCH3 is 1. The number of rotatable bonds is 4. The van der Waals surface area contributed by atoms with Crippen molar-refractivity contribution in [3.05, 3.63) is 52.1 Å². The van der Waals surface area contributed by atoms with Crippen LogP contribution in [0.15, 0.2) is 18.2 Å². The zero-order chi connectivity index (χ0) is 20.6. The van der Waals surface area contributed by atoms with Crippen molar-refractivity contribution in [2.75, 3.05) is 7.11 Å². The highest BCUT2D eigenvalue weighted by Crippen LogP contribution is 2.34. The second kappa shape index (κ2) is 7.17. The van der Waals surface area contributed by atoms with E-state index >= 15 is 0 Å². The molecule has 5 nitrogen and oxygen atoms in total. The quantitative estimate of drug-likeness (QED) is 0.589. The smallest absolute Gasteiger partial charge is 0.416 e. The molecule has 0 spiro atoms. The number of carbonyl (C=O) groups excluding carboxylic acids is 2. The summed E-state index contributed by atoms with van der Waals surface area (Å²) in [5.41, 5.74) is -0.993. The molecule has 0 saturated carbocycles. The second-order valence-corrected chi connectivity index (χ2v) is 7.23. The number of imidazole rings is 1. The lowest BCUT2D eigenvalue weighted by atomic mass is 9.95. The first-order valence-corrected chi connectivity index (χ1v) is 8.21. The van der Waals surface area contributed by atoms with Crippen LogP contribution < -0.4 is 0 Å². The second-order valence-electron chi connectivity index (χ2n) is 7.23. The van der Waals surface area contributed by atoms with E-state index in [-0.39, 0.29) is 23.4 Å². The third-order valence-corrected chi connectivity index (χ3v) is 4.17. The molecule has 27 heavy (non-hydrogen) atoms. The maximum Gasteiger partial charge on any atom is 0.416 e. The highest BCUT2D eigenvalue weighted by molar-refractivity contribution is 5.88. The molecule has 0 amide bonds. The normalized spacial score (nSPS) is 12.1. The lowest BCUT2D eigenvalue weighted by Crippen LogP contribution is -2.21. The van der Waals surface area contributed by atoms with Gasteiger partial charge in [-0.3, -0.25) is 4.79 Å². The zero-order valence-electron chi connectivity index (χ0n) is 15.8. The minimum atomic E-state index is -4.62. The lowest BCUT2D eigenvalue weighted by Gasteiger charge is -2.22. The number of alkyl halides is 3. The van der Waals surface area contributed by atoms with E-state index in [1.54, 1.807) is 11.5 Å². The van der Waals surface area contributed by atoms with E-state index in [9.17, 15) is 22.8 Å². The summed E-state index contributed by atoms with van der Waals surface area (Å²) in [7, 11) is 1.22. The molecule has 0 aliphatic heterocycles. The van der Waals surface area contributed by atoms with Crippen LogP contribution in [0, 0.1) is 6.92 Å². The Morgan fingerprint density at radius 1 is 1.26 bits per heavy atom. The van der Waals surface area contributed by atoms with E-state index in [2.05, 4.69) is 4.98 Å². The standard InChI is InChI=1S/C19H21F3N2O3/c1-11-15(16(26)27-5)23-17(18(2,3)4)24(11)9-13-7-6-12(10-25)8-14(13)19(20,21)22/h6-8,10H,9H2,1-5H3. The number of carbonyl (C=O) groups is 2. The van der Waals surface area contributed by atoms with E-state index in [0.29, 0.717) is 17.8 Å². The summed E-state index contributed by atoms with van der Waals surface area (Å²) in [6.07, 6.45) is -4.24. The predicted octanol–water partition coefficient (Wildman–Crippen LogP) is 4.16. The number of halogens is 3.